The summed E-state index contributed by atoms with van der Waals surface area (Å²) in [6.45, 7) is 11.2. The van der Waals surface area contributed by atoms with Gasteiger partial charge in [0.15, 0.2) is 0 Å². The van der Waals surface area contributed by atoms with Crippen LogP contribution in [0.4, 0.5) is 4.39 Å². The van der Waals surface area contributed by atoms with Crippen LogP contribution in [0.2, 0.25) is 0 Å². The second kappa shape index (κ2) is 4.01. The summed E-state index contributed by atoms with van der Waals surface area (Å²) in [6.07, 6.45) is -0.464. The van der Waals surface area contributed by atoms with Crippen LogP contribution >= 0.6 is 0 Å². The first kappa shape index (κ1) is 13.5. The number of esters is 1. The van der Waals surface area contributed by atoms with Crippen LogP contribution < -0.4 is 0 Å². The van der Waals surface area contributed by atoms with E-state index in [2.05, 4.69) is 0 Å². The molecular formula is C13H23FO2. The Bertz CT molecular complexity index is 270. The lowest BCUT2D eigenvalue weighted by molar-refractivity contribution is -0.164. The van der Waals surface area contributed by atoms with Crippen molar-refractivity contribution in [3.63, 3.8) is 0 Å². The lowest BCUT2D eigenvalue weighted by Gasteiger charge is -2.25. The molecular weight excluding hydrogens is 207 g/mol. The van der Waals surface area contributed by atoms with Crippen molar-refractivity contribution in [3.8, 4) is 0 Å². The van der Waals surface area contributed by atoms with Gasteiger partial charge in [-0.15, -0.1) is 0 Å². The van der Waals surface area contributed by atoms with Gasteiger partial charge in [-0.25, -0.2) is 4.39 Å². The predicted molar refractivity (Wildman–Crippen MR) is 61.8 cm³/mol. The summed E-state index contributed by atoms with van der Waals surface area (Å²) in [7, 11) is 0. The molecule has 1 aliphatic carbocycles. The molecule has 3 heteroatoms. The van der Waals surface area contributed by atoms with Gasteiger partial charge in [0.2, 0.25) is 0 Å². The molecule has 0 heterocycles. The lowest BCUT2D eigenvalue weighted by Crippen LogP contribution is -2.32. The Morgan fingerprint density at radius 2 is 1.88 bits per heavy atom. The van der Waals surface area contributed by atoms with Gasteiger partial charge < -0.3 is 4.74 Å². The highest BCUT2D eigenvalue weighted by Gasteiger charge is 2.69. The average Bonchev–Trinajstić information content (AvgIpc) is 2.54. The van der Waals surface area contributed by atoms with Gasteiger partial charge in [0, 0.05) is 5.92 Å². The van der Waals surface area contributed by atoms with Gasteiger partial charge in [-0.3, -0.25) is 4.79 Å². The van der Waals surface area contributed by atoms with Crippen molar-refractivity contribution >= 4 is 5.97 Å². The van der Waals surface area contributed by atoms with Crippen molar-refractivity contribution in [2.24, 2.45) is 17.3 Å². The van der Waals surface area contributed by atoms with Gasteiger partial charge in [-0.2, -0.15) is 0 Å². The summed E-state index contributed by atoms with van der Waals surface area (Å²) < 4.78 is 19.0. The summed E-state index contributed by atoms with van der Waals surface area (Å²) in [5, 5.41) is 0. The van der Waals surface area contributed by atoms with Crippen LogP contribution in [0.1, 0.15) is 48.0 Å². The van der Waals surface area contributed by atoms with Gasteiger partial charge in [0.05, 0.1) is 0 Å². The van der Waals surface area contributed by atoms with Crippen LogP contribution in [-0.2, 0) is 9.53 Å². The van der Waals surface area contributed by atoms with E-state index in [1.54, 1.807) is 6.92 Å². The highest BCUT2D eigenvalue weighted by Crippen LogP contribution is 2.59. The topological polar surface area (TPSA) is 26.3 Å². The van der Waals surface area contributed by atoms with Crippen molar-refractivity contribution in [1.82, 2.24) is 0 Å². The van der Waals surface area contributed by atoms with E-state index >= 15 is 0 Å². The second-order valence-corrected chi connectivity index (χ2v) is 6.33. The normalized spacial score (nSPS) is 34.0. The molecule has 1 saturated carbocycles. The number of ether oxygens (including phenoxy) is 1. The fourth-order valence-electron chi connectivity index (χ4n) is 2.30. The predicted octanol–water partition coefficient (Wildman–Crippen LogP) is 3.35. The van der Waals surface area contributed by atoms with Gasteiger partial charge in [-0.05, 0) is 33.1 Å². The van der Waals surface area contributed by atoms with Crippen molar-refractivity contribution in [2.75, 3.05) is 0 Å². The monoisotopic (exact) mass is 230 g/mol. The van der Waals surface area contributed by atoms with Crippen LogP contribution in [0.15, 0.2) is 0 Å². The van der Waals surface area contributed by atoms with Crippen molar-refractivity contribution < 1.29 is 13.9 Å². The molecule has 0 amide bonds. The molecule has 0 aliphatic heterocycles. The molecule has 0 bridgehead atoms. The minimum absolute atomic E-state index is 0.204. The Kier molecular flexibility index (Phi) is 3.37. The first-order chi connectivity index (χ1) is 7.11. The third kappa shape index (κ3) is 2.38. The van der Waals surface area contributed by atoms with E-state index in [1.807, 2.05) is 34.6 Å². The zero-order valence-electron chi connectivity index (χ0n) is 11.1. The third-order valence-electron chi connectivity index (χ3n) is 3.16. The first-order valence-corrected chi connectivity index (χ1v) is 5.99. The molecule has 16 heavy (non-hydrogen) atoms. The Hall–Kier alpha value is -0.600. The number of hydrogen-bond donors (Lipinski definition) is 0. The number of rotatable bonds is 3. The maximum Gasteiger partial charge on any atom is 0.315 e. The zero-order valence-corrected chi connectivity index (χ0v) is 11.1. The summed E-state index contributed by atoms with van der Waals surface area (Å²) in [4.78, 5) is 12.0. The maximum absolute atomic E-state index is 13.7. The Morgan fingerprint density at radius 3 is 2.12 bits per heavy atom. The standard InChI is InChI=1S/C13H23FO2/c1-8(2)7-13(9(3)10(13)14)11(15)16-12(4,5)6/h8-10H,7H2,1-6H3/t9-,10?,13?/m1/s1. The quantitative estimate of drug-likeness (QED) is 0.695. The van der Waals surface area contributed by atoms with Gasteiger partial charge >= 0.3 is 5.97 Å². The summed E-state index contributed by atoms with van der Waals surface area (Å²) >= 11 is 0. The number of carbonyl (C=O) groups is 1. The van der Waals surface area contributed by atoms with E-state index in [0.717, 1.165) is 0 Å². The molecule has 2 nitrogen and oxygen atoms in total. The largest absolute Gasteiger partial charge is 0.459 e. The maximum atomic E-state index is 13.7. The number of hydrogen-bond acceptors (Lipinski definition) is 2. The highest BCUT2D eigenvalue weighted by atomic mass is 19.1. The highest BCUT2D eigenvalue weighted by molar-refractivity contribution is 5.82. The van der Waals surface area contributed by atoms with Gasteiger partial charge in [0.1, 0.15) is 17.2 Å². The van der Waals surface area contributed by atoms with E-state index in [9.17, 15) is 9.18 Å². The molecule has 94 valence electrons. The Balaban J connectivity index is 2.77. The van der Waals surface area contributed by atoms with Crippen molar-refractivity contribution in [2.45, 2.75) is 59.7 Å². The van der Waals surface area contributed by atoms with Crippen LogP contribution in [-0.4, -0.2) is 17.7 Å². The molecule has 0 radical (unpaired) electrons. The molecule has 1 fully saturated rings. The van der Waals surface area contributed by atoms with Gasteiger partial charge in [0.25, 0.3) is 0 Å². The molecule has 3 atom stereocenters. The van der Waals surface area contributed by atoms with Crippen LogP contribution in [0.5, 0.6) is 0 Å². The minimum atomic E-state index is -1.04. The Morgan fingerprint density at radius 1 is 1.44 bits per heavy atom. The fraction of sp³-hybridized carbons (Fsp3) is 0.923. The molecule has 0 saturated heterocycles. The zero-order chi connectivity index (χ0) is 12.7. The smallest absolute Gasteiger partial charge is 0.315 e. The van der Waals surface area contributed by atoms with Crippen molar-refractivity contribution in [1.29, 1.82) is 0 Å². The summed E-state index contributed by atoms with van der Waals surface area (Å²) in [5.74, 6) is -0.269. The fourth-order valence-corrected chi connectivity index (χ4v) is 2.30. The molecule has 1 rings (SSSR count). The van der Waals surface area contributed by atoms with E-state index in [4.69, 9.17) is 4.74 Å². The molecule has 0 N–H and O–H groups in total. The lowest BCUT2D eigenvalue weighted by atomic mass is 9.91. The van der Waals surface area contributed by atoms with E-state index in [-0.39, 0.29) is 11.9 Å². The van der Waals surface area contributed by atoms with Crippen LogP contribution in [0.25, 0.3) is 0 Å². The van der Waals surface area contributed by atoms with Crippen molar-refractivity contribution in [3.05, 3.63) is 0 Å². The number of carbonyl (C=O) groups excluding carboxylic acids is 1. The van der Waals surface area contributed by atoms with E-state index in [0.29, 0.717) is 12.3 Å². The van der Waals surface area contributed by atoms with E-state index < -0.39 is 17.2 Å². The van der Waals surface area contributed by atoms with Gasteiger partial charge in [-0.1, -0.05) is 20.8 Å². The second-order valence-electron chi connectivity index (χ2n) is 6.33. The number of alkyl halides is 1. The average molecular weight is 230 g/mol. The number of halogens is 1. The molecule has 2 unspecified atom stereocenters. The molecule has 0 aromatic heterocycles. The Labute approximate surface area is 97.6 Å². The summed E-state index contributed by atoms with van der Waals surface area (Å²) in [6, 6.07) is 0. The molecule has 0 spiro atoms. The van der Waals surface area contributed by atoms with Crippen LogP contribution in [0.3, 0.4) is 0 Å². The van der Waals surface area contributed by atoms with E-state index in [1.165, 1.54) is 0 Å². The van der Waals surface area contributed by atoms with Crippen LogP contribution in [0, 0.1) is 17.3 Å². The first-order valence-electron chi connectivity index (χ1n) is 5.99. The molecule has 1 aliphatic rings. The molecule has 0 aromatic carbocycles. The SMILES string of the molecule is CC(C)CC1(C(=O)OC(C)(C)C)C(F)[C@H]1C. The minimum Gasteiger partial charge on any atom is -0.459 e. The molecule has 0 aromatic rings. The third-order valence-corrected chi connectivity index (χ3v) is 3.16. The summed E-state index contributed by atoms with van der Waals surface area (Å²) in [5.41, 5.74) is -1.41.